The third-order valence-corrected chi connectivity index (χ3v) is 5.79. The van der Waals surface area contributed by atoms with Crippen molar-refractivity contribution in [3.8, 4) is 0 Å². The lowest BCUT2D eigenvalue weighted by Gasteiger charge is -2.33. The molecule has 2 N–H and O–H groups in total. The Labute approximate surface area is 122 Å². The molecule has 3 atom stereocenters. The van der Waals surface area contributed by atoms with Crippen LogP contribution in [0.5, 0.6) is 0 Å². The van der Waals surface area contributed by atoms with Crippen LogP contribution in [0.3, 0.4) is 0 Å². The molecular formula is C17H27NS. The SMILES string of the molecule is CCCC1CCC(N)C(Sc2ccc(C)c(C)c2)C1. The summed E-state index contributed by atoms with van der Waals surface area (Å²) in [4.78, 5) is 1.39. The summed E-state index contributed by atoms with van der Waals surface area (Å²) in [6.45, 7) is 6.66. The number of nitrogens with two attached hydrogens (primary N) is 1. The lowest BCUT2D eigenvalue weighted by molar-refractivity contribution is 0.317. The fourth-order valence-electron chi connectivity index (χ4n) is 3.00. The Bertz CT molecular complexity index is 416. The number of aryl methyl sites for hydroxylation is 2. The highest BCUT2D eigenvalue weighted by molar-refractivity contribution is 8.00. The molecule has 0 heterocycles. The molecule has 1 aromatic carbocycles. The summed E-state index contributed by atoms with van der Waals surface area (Å²) < 4.78 is 0. The number of thioether (sulfide) groups is 1. The van der Waals surface area contributed by atoms with Crippen LogP contribution < -0.4 is 5.73 Å². The van der Waals surface area contributed by atoms with Crippen molar-refractivity contribution >= 4 is 11.8 Å². The van der Waals surface area contributed by atoms with Gasteiger partial charge in [-0.2, -0.15) is 0 Å². The Morgan fingerprint density at radius 2 is 2.00 bits per heavy atom. The average Bonchev–Trinajstić information content (AvgIpc) is 2.38. The molecule has 0 amide bonds. The Kier molecular flexibility index (Phi) is 5.35. The van der Waals surface area contributed by atoms with Gasteiger partial charge in [-0.3, -0.25) is 0 Å². The molecule has 1 aliphatic rings. The number of hydrogen-bond acceptors (Lipinski definition) is 2. The number of rotatable bonds is 4. The Balaban J connectivity index is 2.01. The summed E-state index contributed by atoms with van der Waals surface area (Å²) >= 11 is 2.00. The summed E-state index contributed by atoms with van der Waals surface area (Å²) in [7, 11) is 0. The Hall–Kier alpha value is -0.470. The first-order valence-electron chi connectivity index (χ1n) is 7.59. The van der Waals surface area contributed by atoms with Crippen LogP contribution in [-0.2, 0) is 0 Å². The maximum atomic E-state index is 6.33. The third-order valence-electron chi connectivity index (χ3n) is 4.41. The molecule has 2 rings (SSSR count). The minimum Gasteiger partial charge on any atom is -0.327 e. The van der Waals surface area contributed by atoms with E-state index in [4.69, 9.17) is 5.73 Å². The Morgan fingerprint density at radius 1 is 1.21 bits per heavy atom. The van der Waals surface area contributed by atoms with Gasteiger partial charge in [0, 0.05) is 16.2 Å². The first-order valence-corrected chi connectivity index (χ1v) is 8.47. The molecule has 1 fully saturated rings. The van der Waals surface area contributed by atoms with E-state index in [9.17, 15) is 0 Å². The van der Waals surface area contributed by atoms with Gasteiger partial charge < -0.3 is 5.73 Å². The van der Waals surface area contributed by atoms with Gasteiger partial charge in [-0.25, -0.2) is 0 Å². The van der Waals surface area contributed by atoms with Crippen LogP contribution in [0.2, 0.25) is 0 Å². The monoisotopic (exact) mass is 277 g/mol. The predicted octanol–water partition coefficient (Wildman–Crippen LogP) is 4.69. The van der Waals surface area contributed by atoms with Crippen molar-refractivity contribution in [3.05, 3.63) is 29.3 Å². The molecule has 1 nitrogen and oxygen atoms in total. The zero-order valence-corrected chi connectivity index (χ0v) is 13.3. The molecule has 0 aromatic heterocycles. The molecule has 0 saturated heterocycles. The van der Waals surface area contributed by atoms with Crippen molar-refractivity contribution in [2.75, 3.05) is 0 Å². The van der Waals surface area contributed by atoms with E-state index in [1.165, 1.54) is 48.1 Å². The van der Waals surface area contributed by atoms with Gasteiger partial charge in [0.1, 0.15) is 0 Å². The van der Waals surface area contributed by atoms with E-state index >= 15 is 0 Å². The van der Waals surface area contributed by atoms with Gasteiger partial charge in [0.05, 0.1) is 0 Å². The molecule has 3 unspecified atom stereocenters. The van der Waals surface area contributed by atoms with E-state index in [0.717, 1.165) is 5.92 Å². The van der Waals surface area contributed by atoms with Crippen molar-refractivity contribution in [1.29, 1.82) is 0 Å². The van der Waals surface area contributed by atoms with Crippen LogP contribution in [0, 0.1) is 19.8 Å². The lowest BCUT2D eigenvalue weighted by atomic mass is 9.83. The lowest BCUT2D eigenvalue weighted by Crippen LogP contribution is -2.38. The highest BCUT2D eigenvalue weighted by Crippen LogP contribution is 2.37. The van der Waals surface area contributed by atoms with Gasteiger partial charge in [-0.1, -0.05) is 25.8 Å². The Morgan fingerprint density at radius 3 is 2.68 bits per heavy atom. The topological polar surface area (TPSA) is 26.0 Å². The van der Waals surface area contributed by atoms with Crippen molar-refractivity contribution in [2.45, 2.75) is 69.1 Å². The van der Waals surface area contributed by atoms with Crippen LogP contribution in [0.25, 0.3) is 0 Å². The first kappa shape index (κ1) is 14.9. The van der Waals surface area contributed by atoms with Crippen LogP contribution in [0.15, 0.2) is 23.1 Å². The standard InChI is InChI=1S/C17H27NS/c1-4-5-14-7-9-16(18)17(11-14)19-15-8-6-12(2)13(3)10-15/h6,8,10,14,16-17H,4-5,7,9,11,18H2,1-3H3. The van der Waals surface area contributed by atoms with Crippen LogP contribution in [0.4, 0.5) is 0 Å². The minimum atomic E-state index is 0.375. The van der Waals surface area contributed by atoms with E-state index in [1.807, 2.05) is 11.8 Å². The van der Waals surface area contributed by atoms with Gasteiger partial charge in [0.25, 0.3) is 0 Å². The second-order valence-electron chi connectivity index (χ2n) is 6.03. The van der Waals surface area contributed by atoms with Crippen molar-refractivity contribution < 1.29 is 0 Å². The van der Waals surface area contributed by atoms with Crippen molar-refractivity contribution in [2.24, 2.45) is 11.7 Å². The molecule has 0 radical (unpaired) electrons. The molecule has 2 heteroatoms. The highest BCUT2D eigenvalue weighted by Gasteiger charge is 2.28. The first-order chi connectivity index (χ1) is 9.10. The van der Waals surface area contributed by atoms with Crippen LogP contribution in [0.1, 0.15) is 50.2 Å². The highest BCUT2D eigenvalue weighted by atomic mass is 32.2. The predicted molar refractivity (Wildman–Crippen MR) is 85.8 cm³/mol. The molecule has 1 aliphatic carbocycles. The van der Waals surface area contributed by atoms with Gasteiger partial charge in [-0.15, -0.1) is 11.8 Å². The zero-order chi connectivity index (χ0) is 13.8. The van der Waals surface area contributed by atoms with Crippen LogP contribution >= 0.6 is 11.8 Å². The van der Waals surface area contributed by atoms with E-state index < -0.39 is 0 Å². The van der Waals surface area contributed by atoms with Crippen molar-refractivity contribution in [1.82, 2.24) is 0 Å². The van der Waals surface area contributed by atoms with E-state index in [-0.39, 0.29) is 0 Å². The fraction of sp³-hybridized carbons (Fsp3) is 0.647. The maximum absolute atomic E-state index is 6.33. The third kappa shape index (κ3) is 4.00. The molecule has 1 aromatic rings. The normalized spacial score (nSPS) is 27.5. The molecule has 0 bridgehead atoms. The second kappa shape index (κ2) is 6.81. The molecule has 0 aliphatic heterocycles. The number of hydrogen-bond donors (Lipinski definition) is 1. The summed E-state index contributed by atoms with van der Waals surface area (Å²) in [6.07, 6.45) is 6.51. The minimum absolute atomic E-state index is 0.375. The smallest absolute Gasteiger partial charge is 0.0248 e. The maximum Gasteiger partial charge on any atom is 0.0248 e. The van der Waals surface area contributed by atoms with Gasteiger partial charge >= 0.3 is 0 Å². The molecule has 106 valence electrons. The number of benzene rings is 1. The summed E-state index contributed by atoms with van der Waals surface area (Å²) in [5, 5.41) is 0.604. The zero-order valence-electron chi connectivity index (χ0n) is 12.5. The second-order valence-corrected chi connectivity index (χ2v) is 7.35. The molecule has 1 saturated carbocycles. The van der Waals surface area contributed by atoms with E-state index in [1.54, 1.807) is 0 Å². The quantitative estimate of drug-likeness (QED) is 0.864. The van der Waals surface area contributed by atoms with Crippen LogP contribution in [-0.4, -0.2) is 11.3 Å². The van der Waals surface area contributed by atoms with Crippen molar-refractivity contribution in [3.63, 3.8) is 0 Å². The molecule has 19 heavy (non-hydrogen) atoms. The summed E-state index contributed by atoms with van der Waals surface area (Å²) in [6, 6.07) is 7.18. The van der Waals surface area contributed by atoms with Gasteiger partial charge in [-0.05, 0) is 62.3 Å². The molecular weight excluding hydrogens is 250 g/mol. The van der Waals surface area contributed by atoms with Gasteiger partial charge in [0.15, 0.2) is 0 Å². The van der Waals surface area contributed by atoms with Gasteiger partial charge in [0.2, 0.25) is 0 Å². The average molecular weight is 277 g/mol. The summed E-state index contributed by atoms with van der Waals surface area (Å²) in [5.41, 5.74) is 9.10. The van der Waals surface area contributed by atoms with E-state index in [2.05, 4.69) is 39.0 Å². The largest absolute Gasteiger partial charge is 0.327 e. The molecule has 0 spiro atoms. The summed E-state index contributed by atoms with van der Waals surface area (Å²) in [5.74, 6) is 0.897. The fourth-order valence-corrected chi connectivity index (χ4v) is 4.42. The van der Waals surface area contributed by atoms with E-state index in [0.29, 0.717) is 11.3 Å².